The van der Waals surface area contributed by atoms with Gasteiger partial charge in [0, 0.05) is 0 Å². The van der Waals surface area contributed by atoms with Crippen LogP contribution < -0.4 is 10.4 Å². The topological polar surface area (TPSA) is 0 Å². The molecule has 0 radical (unpaired) electrons. The highest BCUT2D eigenvalue weighted by atomic mass is 28.3. The predicted octanol–water partition coefficient (Wildman–Crippen LogP) is 8.44. The first-order valence-corrected chi connectivity index (χ1v) is 15.8. The zero-order chi connectivity index (χ0) is 24.4. The van der Waals surface area contributed by atoms with Gasteiger partial charge in [0.25, 0.3) is 0 Å². The van der Waals surface area contributed by atoms with Crippen molar-refractivity contribution in [2.24, 2.45) is 0 Å². The summed E-state index contributed by atoms with van der Waals surface area (Å²) in [6.45, 7) is 7.21. The zero-order valence-electron chi connectivity index (χ0n) is 21.0. The van der Waals surface area contributed by atoms with Crippen LogP contribution in [0.25, 0.3) is 54.9 Å². The molecule has 0 aliphatic carbocycles. The molecular weight excluding hydrogens is 448 g/mol. The molecule has 1 heteroatoms. The Bertz CT molecular complexity index is 1810. The van der Waals surface area contributed by atoms with Gasteiger partial charge in [0.2, 0.25) is 0 Å². The van der Waals surface area contributed by atoms with Crippen molar-refractivity contribution >= 4 is 40.0 Å². The molecule has 1 heterocycles. The number of fused-ring (bicyclic) bond motifs is 5. The number of hydrogen-bond donors (Lipinski definition) is 0. The third-order valence-electron chi connectivity index (χ3n) is 8.12. The van der Waals surface area contributed by atoms with Gasteiger partial charge >= 0.3 is 0 Å². The van der Waals surface area contributed by atoms with Crippen molar-refractivity contribution in [2.45, 2.75) is 20.0 Å². The van der Waals surface area contributed by atoms with Crippen molar-refractivity contribution < 1.29 is 0 Å². The molecule has 0 unspecified atom stereocenters. The van der Waals surface area contributed by atoms with E-state index in [1.807, 2.05) is 0 Å². The summed E-state index contributed by atoms with van der Waals surface area (Å²) in [6.07, 6.45) is 0. The van der Waals surface area contributed by atoms with Crippen molar-refractivity contribution in [3.8, 4) is 33.4 Å². The van der Waals surface area contributed by atoms with E-state index < -0.39 is 8.07 Å². The largest absolute Gasteiger partial charge is 0.113 e. The van der Waals surface area contributed by atoms with Crippen LogP contribution in [-0.4, -0.2) is 8.07 Å². The van der Waals surface area contributed by atoms with Crippen molar-refractivity contribution in [1.29, 1.82) is 0 Å². The number of aryl methyl sites for hydroxylation is 1. The van der Waals surface area contributed by atoms with Gasteiger partial charge < -0.3 is 0 Å². The van der Waals surface area contributed by atoms with E-state index in [1.165, 1.54) is 60.5 Å². The Morgan fingerprint density at radius 3 is 1.86 bits per heavy atom. The van der Waals surface area contributed by atoms with Gasteiger partial charge in [-0.15, -0.1) is 0 Å². The minimum atomic E-state index is -1.76. The molecule has 0 saturated heterocycles. The molecule has 0 bridgehead atoms. The van der Waals surface area contributed by atoms with Crippen LogP contribution >= 0.6 is 0 Å². The molecule has 0 saturated carbocycles. The lowest BCUT2D eigenvalue weighted by atomic mass is 9.83. The average Bonchev–Trinajstić information content (AvgIpc) is 3.15. The molecule has 1 aliphatic heterocycles. The van der Waals surface area contributed by atoms with Crippen molar-refractivity contribution in [3.63, 3.8) is 0 Å². The summed E-state index contributed by atoms with van der Waals surface area (Å²) in [5.41, 5.74) is 9.49. The Labute approximate surface area is 213 Å². The van der Waals surface area contributed by atoms with E-state index in [4.69, 9.17) is 0 Å². The summed E-state index contributed by atoms with van der Waals surface area (Å²) in [6, 6.07) is 43.0. The van der Waals surface area contributed by atoms with Gasteiger partial charge in [-0.1, -0.05) is 134 Å². The Kier molecular flexibility index (Phi) is 4.61. The van der Waals surface area contributed by atoms with E-state index >= 15 is 0 Å². The molecule has 6 aromatic rings. The summed E-state index contributed by atoms with van der Waals surface area (Å²) in [5, 5.41) is 8.41. The molecule has 0 N–H and O–H groups in total. The minimum Gasteiger partial charge on any atom is -0.0623 e. The summed E-state index contributed by atoms with van der Waals surface area (Å²) < 4.78 is 0. The molecule has 0 spiro atoms. The van der Waals surface area contributed by atoms with Crippen molar-refractivity contribution in [2.75, 3.05) is 0 Å². The van der Waals surface area contributed by atoms with Gasteiger partial charge in [0.15, 0.2) is 0 Å². The molecule has 0 nitrogen and oxygen atoms in total. The van der Waals surface area contributed by atoms with Crippen LogP contribution in [0, 0.1) is 6.92 Å². The lowest BCUT2D eigenvalue weighted by Gasteiger charge is -2.21. The highest BCUT2D eigenvalue weighted by molar-refractivity contribution is 7.04. The Balaban J connectivity index is 1.69. The Morgan fingerprint density at radius 1 is 0.444 bits per heavy atom. The fourth-order valence-electron chi connectivity index (χ4n) is 6.46. The lowest BCUT2D eigenvalue weighted by molar-refractivity contribution is 1.51. The summed E-state index contributed by atoms with van der Waals surface area (Å²) in [5.74, 6) is 0. The average molecular weight is 477 g/mol. The van der Waals surface area contributed by atoms with Gasteiger partial charge in [0.05, 0.1) is 0 Å². The second-order valence-electron chi connectivity index (χ2n) is 10.6. The molecule has 0 atom stereocenters. The van der Waals surface area contributed by atoms with Gasteiger partial charge in [0.1, 0.15) is 8.07 Å². The summed E-state index contributed by atoms with van der Waals surface area (Å²) in [7, 11) is -1.76. The fraction of sp³-hybridized carbons (Fsp3) is 0.0857. The predicted molar refractivity (Wildman–Crippen MR) is 159 cm³/mol. The Morgan fingerprint density at radius 2 is 1.06 bits per heavy atom. The smallest absolute Gasteiger partial charge is 0.0623 e. The van der Waals surface area contributed by atoms with E-state index in [-0.39, 0.29) is 0 Å². The van der Waals surface area contributed by atoms with E-state index in [9.17, 15) is 0 Å². The van der Waals surface area contributed by atoms with E-state index in [2.05, 4.69) is 135 Å². The fourth-order valence-corrected chi connectivity index (χ4v) is 9.55. The first-order valence-electron chi connectivity index (χ1n) is 12.8. The molecule has 0 fully saturated rings. The highest BCUT2D eigenvalue weighted by Gasteiger charge is 2.38. The Hall–Kier alpha value is -3.94. The molecule has 172 valence electrons. The molecule has 7 rings (SSSR count). The second-order valence-corrected chi connectivity index (χ2v) is 14.9. The SMILES string of the molecule is Cc1ccc2c(-c3ccccc3)c3ccccc3c(-c3cccc4c3-c3ccccc3[Si]4(C)C)c2c1. The monoisotopic (exact) mass is 476 g/mol. The van der Waals surface area contributed by atoms with Crippen LogP contribution in [0.2, 0.25) is 13.1 Å². The van der Waals surface area contributed by atoms with E-state index in [0.717, 1.165) is 0 Å². The molecule has 0 aromatic heterocycles. The normalized spacial score (nSPS) is 13.6. The van der Waals surface area contributed by atoms with Crippen molar-refractivity contribution in [3.05, 3.63) is 121 Å². The van der Waals surface area contributed by atoms with E-state index in [1.54, 1.807) is 10.4 Å². The van der Waals surface area contributed by atoms with Crippen LogP contribution in [0.15, 0.2) is 115 Å². The molecule has 0 amide bonds. The van der Waals surface area contributed by atoms with Crippen LogP contribution in [0.3, 0.4) is 0 Å². The van der Waals surface area contributed by atoms with E-state index in [0.29, 0.717) is 0 Å². The maximum absolute atomic E-state index is 2.50. The first-order chi connectivity index (χ1) is 17.6. The maximum Gasteiger partial charge on any atom is 0.113 e. The van der Waals surface area contributed by atoms with Gasteiger partial charge in [-0.3, -0.25) is 0 Å². The molecular formula is C35H28Si. The number of benzene rings is 6. The maximum atomic E-state index is 2.50. The van der Waals surface area contributed by atoms with Crippen LogP contribution in [0.5, 0.6) is 0 Å². The highest BCUT2D eigenvalue weighted by Crippen LogP contribution is 2.46. The molecule has 36 heavy (non-hydrogen) atoms. The van der Waals surface area contributed by atoms with Crippen LogP contribution in [0.1, 0.15) is 5.56 Å². The third-order valence-corrected chi connectivity index (χ3v) is 11.7. The number of rotatable bonds is 2. The van der Waals surface area contributed by atoms with Gasteiger partial charge in [-0.2, -0.15) is 0 Å². The summed E-state index contributed by atoms with van der Waals surface area (Å²) >= 11 is 0. The summed E-state index contributed by atoms with van der Waals surface area (Å²) in [4.78, 5) is 0. The molecule has 1 aliphatic rings. The van der Waals surface area contributed by atoms with Crippen molar-refractivity contribution in [1.82, 2.24) is 0 Å². The zero-order valence-corrected chi connectivity index (χ0v) is 22.0. The number of hydrogen-bond acceptors (Lipinski definition) is 0. The lowest BCUT2D eigenvalue weighted by Crippen LogP contribution is -2.49. The standard InChI is InChI=1S/C35H28Si/c1-23-20-21-27-30(22-23)34(26-15-8-7-14-25(26)33(27)24-12-5-4-6-13-24)29-17-11-19-32-35(29)28-16-9-10-18-31(28)36(32,2)3/h4-22H,1-3H3. The van der Waals surface area contributed by atoms with Gasteiger partial charge in [-0.25, -0.2) is 0 Å². The van der Waals surface area contributed by atoms with Crippen LogP contribution in [0.4, 0.5) is 0 Å². The minimum absolute atomic E-state index is 1.27. The quantitative estimate of drug-likeness (QED) is 0.174. The van der Waals surface area contributed by atoms with Gasteiger partial charge in [-0.05, 0) is 72.2 Å². The van der Waals surface area contributed by atoms with Crippen LogP contribution in [-0.2, 0) is 0 Å². The molecule has 6 aromatic carbocycles. The first kappa shape index (κ1) is 21.3. The third kappa shape index (κ3) is 2.93. The second kappa shape index (κ2) is 7.78.